The number of thiazole rings is 1. The Bertz CT molecular complexity index is 1150. The normalized spacial score (nSPS) is 16.0. The van der Waals surface area contributed by atoms with Crippen LogP contribution in [-0.2, 0) is 10.2 Å². The smallest absolute Gasteiger partial charge is 0.267 e. The molecule has 7 heteroatoms. The summed E-state index contributed by atoms with van der Waals surface area (Å²) >= 11 is 1.36. The SMILES string of the molecule is CC1Oc2ccc(-c3csc(NC(=O)c4ccc(C(C)(C)C)cc4)n3)cc2N(C)C1=O. The average molecular weight is 436 g/mol. The van der Waals surface area contributed by atoms with Crippen LogP contribution in [0.1, 0.15) is 43.6 Å². The van der Waals surface area contributed by atoms with Gasteiger partial charge in [0.05, 0.1) is 11.4 Å². The number of nitrogens with zero attached hydrogens (tertiary/aromatic N) is 2. The van der Waals surface area contributed by atoms with Crippen molar-refractivity contribution < 1.29 is 14.3 Å². The molecule has 2 heterocycles. The molecule has 0 bridgehead atoms. The van der Waals surface area contributed by atoms with Gasteiger partial charge in [0, 0.05) is 23.6 Å². The van der Waals surface area contributed by atoms with Gasteiger partial charge in [0.15, 0.2) is 11.2 Å². The molecule has 3 aromatic rings. The molecule has 1 unspecified atom stereocenters. The van der Waals surface area contributed by atoms with Gasteiger partial charge in [-0.1, -0.05) is 32.9 Å². The van der Waals surface area contributed by atoms with Gasteiger partial charge in [-0.2, -0.15) is 0 Å². The second-order valence-corrected chi connectivity index (χ2v) is 9.52. The minimum Gasteiger partial charge on any atom is -0.479 e. The number of fused-ring (bicyclic) bond motifs is 1. The zero-order valence-corrected chi connectivity index (χ0v) is 19.0. The molecule has 2 aromatic carbocycles. The number of hydrogen-bond acceptors (Lipinski definition) is 5. The predicted molar refractivity (Wildman–Crippen MR) is 124 cm³/mol. The first-order valence-corrected chi connectivity index (χ1v) is 11.0. The summed E-state index contributed by atoms with van der Waals surface area (Å²) in [5.41, 5.74) is 4.09. The van der Waals surface area contributed by atoms with Crippen LogP contribution < -0.4 is 15.0 Å². The summed E-state index contributed by atoms with van der Waals surface area (Å²) in [6.07, 6.45) is -0.498. The molecular weight excluding hydrogens is 410 g/mol. The van der Waals surface area contributed by atoms with Crippen LogP contribution in [0.4, 0.5) is 10.8 Å². The van der Waals surface area contributed by atoms with E-state index in [1.807, 2.05) is 47.8 Å². The van der Waals surface area contributed by atoms with E-state index in [1.165, 1.54) is 16.9 Å². The number of amides is 2. The number of rotatable bonds is 3. The summed E-state index contributed by atoms with van der Waals surface area (Å²) in [5, 5.41) is 5.27. The van der Waals surface area contributed by atoms with Gasteiger partial charge >= 0.3 is 0 Å². The van der Waals surface area contributed by atoms with E-state index in [1.54, 1.807) is 18.9 Å². The topological polar surface area (TPSA) is 71.5 Å². The lowest BCUT2D eigenvalue weighted by molar-refractivity contribution is -0.125. The van der Waals surface area contributed by atoms with Gasteiger partial charge in [-0.3, -0.25) is 14.9 Å². The minimum atomic E-state index is -0.498. The third-order valence-corrected chi connectivity index (χ3v) is 6.09. The third-order valence-electron chi connectivity index (χ3n) is 5.34. The number of aromatic nitrogens is 1. The van der Waals surface area contributed by atoms with E-state index in [9.17, 15) is 9.59 Å². The summed E-state index contributed by atoms with van der Waals surface area (Å²) in [5.74, 6) is 0.383. The highest BCUT2D eigenvalue weighted by Gasteiger charge is 2.29. The number of anilines is 2. The molecule has 1 aliphatic rings. The Morgan fingerprint density at radius 2 is 1.87 bits per heavy atom. The van der Waals surface area contributed by atoms with Crippen molar-refractivity contribution in [2.75, 3.05) is 17.3 Å². The maximum absolute atomic E-state index is 12.6. The van der Waals surface area contributed by atoms with Gasteiger partial charge in [-0.15, -0.1) is 11.3 Å². The van der Waals surface area contributed by atoms with E-state index < -0.39 is 6.10 Å². The molecule has 0 saturated carbocycles. The van der Waals surface area contributed by atoms with Gasteiger partial charge in [-0.05, 0) is 48.2 Å². The molecule has 0 spiro atoms. The van der Waals surface area contributed by atoms with Crippen molar-refractivity contribution >= 4 is 34.0 Å². The Hall–Kier alpha value is -3.19. The molecule has 1 atom stereocenters. The second-order valence-electron chi connectivity index (χ2n) is 8.66. The van der Waals surface area contributed by atoms with Crippen LogP contribution in [0.25, 0.3) is 11.3 Å². The number of likely N-dealkylation sites (N-methyl/N-ethyl adjacent to an activating group) is 1. The Morgan fingerprint density at radius 3 is 2.55 bits per heavy atom. The van der Waals surface area contributed by atoms with Crippen molar-refractivity contribution in [3.8, 4) is 17.0 Å². The Labute approximate surface area is 185 Å². The monoisotopic (exact) mass is 435 g/mol. The van der Waals surface area contributed by atoms with Crippen LogP contribution >= 0.6 is 11.3 Å². The maximum Gasteiger partial charge on any atom is 0.267 e. The number of carbonyl (C=O) groups excluding carboxylic acids is 2. The van der Waals surface area contributed by atoms with Crippen LogP contribution in [0.3, 0.4) is 0 Å². The molecule has 0 saturated heterocycles. The lowest BCUT2D eigenvalue weighted by Gasteiger charge is -2.30. The van der Waals surface area contributed by atoms with Crippen LogP contribution in [0.15, 0.2) is 47.8 Å². The van der Waals surface area contributed by atoms with Gasteiger partial charge < -0.3 is 9.64 Å². The molecule has 1 aliphatic heterocycles. The quantitative estimate of drug-likeness (QED) is 0.621. The number of carbonyl (C=O) groups is 2. The molecule has 2 amide bonds. The lowest BCUT2D eigenvalue weighted by atomic mass is 9.87. The van der Waals surface area contributed by atoms with Crippen molar-refractivity contribution in [1.29, 1.82) is 0 Å². The molecule has 0 fully saturated rings. The van der Waals surface area contributed by atoms with Crippen molar-refractivity contribution in [2.45, 2.75) is 39.2 Å². The predicted octanol–water partition coefficient (Wildman–Crippen LogP) is 5.10. The summed E-state index contributed by atoms with van der Waals surface area (Å²) in [4.78, 5) is 31.0. The van der Waals surface area contributed by atoms with E-state index in [0.717, 1.165) is 11.3 Å². The van der Waals surface area contributed by atoms with Crippen molar-refractivity contribution in [1.82, 2.24) is 4.98 Å². The fourth-order valence-corrected chi connectivity index (χ4v) is 4.14. The molecule has 6 nitrogen and oxygen atoms in total. The summed E-state index contributed by atoms with van der Waals surface area (Å²) in [7, 11) is 1.74. The summed E-state index contributed by atoms with van der Waals surface area (Å²) in [6.45, 7) is 8.16. The molecule has 160 valence electrons. The second kappa shape index (κ2) is 7.81. The first-order valence-electron chi connectivity index (χ1n) is 10.1. The fraction of sp³-hybridized carbons (Fsp3) is 0.292. The molecule has 0 aliphatic carbocycles. The fourth-order valence-electron chi connectivity index (χ4n) is 3.43. The highest BCUT2D eigenvalue weighted by molar-refractivity contribution is 7.14. The number of hydrogen-bond donors (Lipinski definition) is 1. The molecule has 31 heavy (non-hydrogen) atoms. The van der Waals surface area contributed by atoms with Crippen molar-refractivity contribution in [2.24, 2.45) is 0 Å². The summed E-state index contributed by atoms with van der Waals surface area (Å²) < 4.78 is 5.68. The van der Waals surface area contributed by atoms with Crippen LogP contribution in [-0.4, -0.2) is 29.9 Å². The van der Waals surface area contributed by atoms with Gasteiger partial charge in [0.2, 0.25) is 0 Å². The van der Waals surface area contributed by atoms with Crippen LogP contribution in [0.5, 0.6) is 5.75 Å². The van der Waals surface area contributed by atoms with Gasteiger partial charge in [0.1, 0.15) is 5.75 Å². The minimum absolute atomic E-state index is 0.0376. The standard InChI is InChI=1S/C24H25N3O3S/c1-14-22(29)27(5)19-12-16(8-11-20(19)30-14)18-13-31-23(25-18)26-21(28)15-6-9-17(10-7-15)24(2,3)4/h6-14H,1-5H3,(H,25,26,28). The van der Waals surface area contributed by atoms with E-state index in [0.29, 0.717) is 22.1 Å². The Morgan fingerprint density at radius 1 is 1.16 bits per heavy atom. The van der Waals surface area contributed by atoms with Crippen molar-refractivity contribution in [3.05, 3.63) is 59.0 Å². The third kappa shape index (κ3) is 4.18. The molecular formula is C24H25N3O3S. The average Bonchev–Trinajstić information content (AvgIpc) is 3.20. The number of nitrogens with one attached hydrogen (secondary N) is 1. The van der Waals surface area contributed by atoms with E-state index in [-0.39, 0.29) is 17.2 Å². The lowest BCUT2D eigenvalue weighted by Crippen LogP contribution is -2.41. The maximum atomic E-state index is 12.6. The van der Waals surface area contributed by atoms with Gasteiger partial charge in [-0.25, -0.2) is 4.98 Å². The molecule has 1 N–H and O–H groups in total. The Kier molecular flexibility index (Phi) is 5.31. The molecule has 1 aromatic heterocycles. The molecule has 0 radical (unpaired) electrons. The first-order chi connectivity index (χ1) is 14.6. The summed E-state index contributed by atoms with van der Waals surface area (Å²) in [6, 6.07) is 13.3. The zero-order chi connectivity index (χ0) is 22.3. The van der Waals surface area contributed by atoms with Crippen molar-refractivity contribution in [3.63, 3.8) is 0 Å². The highest BCUT2D eigenvalue weighted by Crippen LogP contribution is 2.37. The van der Waals surface area contributed by atoms with Gasteiger partial charge in [0.25, 0.3) is 11.8 Å². The van der Waals surface area contributed by atoms with Crippen LogP contribution in [0, 0.1) is 0 Å². The number of benzene rings is 2. The van der Waals surface area contributed by atoms with E-state index in [4.69, 9.17) is 4.74 Å². The van der Waals surface area contributed by atoms with E-state index >= 15 is 0 Å². The zero-order valence-electron chi connectivity index (χ0n) is 18.2. The Balaban J connectivity index is 1.51. The highest BCUT2D eigenvalue weighted by atomic mass is 32.1. The number of ether oxygens (including phenoxy) is 1. The molecule has 4 rings (SSSR count). The largest absolute Gasteiger partial charge is 0.479 e. The van der Waals surface area contributed by atoms with E-state index in [2.05, 4.69) is 31.1 Å². The first kappa shape index (κ1) is 21.1. The van der Waals surface area contributed by atoms with Crippen LogP contribution in [0.2, 0.25) is 0 Å².